The van der Waals surface area contributed by atoms with Crippen LogP contribution in [-0.4, -0.2) is 9.97 Å². The molecule has 0 aliphatic carbocycles. The van der Waals surface area contributed by atoms with Crippen molar-refractivity contribution in [3.05, 3.63) is 156 Å². The van der Waals surface area contributed by atoms with Crippen molar-refractivity contribution in [2.45, 2.75) is 53.4 Å². The van der Waals surface area contributed by atoms with Crippen LogP contribution in [0.25, 0.3) is 44.8 Å². The van der Waals surface area contributed by atoms with Gasteiger partial charge in [0, 0.05) is 52.6 Å². The van der Waals surface area contributed by atoms with Gasteiger partial charge in [0.05, 0.1) is 0 Å². The van der Waals surface area contributed by atoms with Gasteiger partial charge in [0.15, 0.2) is 0 Å². The average Bonchev–Trinajstić information content (AvgIpc) is 3.05. The molecule has 4 heteroatoms. The van der Waals surface area contributed by atoms with Gasteiger partial charge in [-0.15, -0.1) is 70.8 Å². The normalized spacial score (nSPS) is 10.4. The molecule has 0 aliphatic heterocycles. The first kappa shape index (κ1) is 36.9. The second-order valence-corrected chi connectivity index (χ2v) is 12.0. The van der Waals surface area contributed by atoms with E-state index >= 15 is 0 Å². The molecule has 6 aromatic rings. The molecule has 0 aliphatic rings. The Labute approximate surface area is 302 Å². The van der Waals surface area contributed by atoms with Gasteiger partial charge in [0.1, 0.15) is 0 Å². The Hall–Kier alpha value is -3.52. The molecule has 0 N–H and O–H groups in total. The quantitative estimate of drug-likeness (QED) is 0.156. The molecule has 2 nitrogen and oxygen atoms in total. The predicted molar refractivity (Wildman–Crippen MR) is 186 cm³/mol. The molecule has 4 aromatic carbocycles. The minimum absolute atomic E-state index is 0. The van der Waals surface area contributed by atoms with Crippen molar-refractivity contribution in [2.24, 2.45) is 0 Å². The average molecular weight is 957 g/mol. The summed E-state index contributed by atoms with van der Waals surface area (Å²) in [4.78, 5) is 8.83. The molecule has 2 heterocycles. The van der Waals surface area contributed by atoms with E-state index in [0.717, 1.165) is 22.5 Å². The van der Waals surface area contributed by atoms with E-state index < -0.39 is 0 Å². The van der Waals surface area contributed by atoms with Crippen molar-refractivity contribution < 1.29 is 40.2 Å². The second kappa shape index (κ2) is 17.4. The first-order valence-electron chi connectivity index (χ1n) is 15.4. The summed E-state index contributed by atoms with van der Waals surface area (Å²) in [6.45, 7) is 13.3. The number of rotatable bonds is 6. The van der Waals surface area contributed by atoms with Crippen molar-refractivity contribution in [3.63, 3.8) is 0 Å². The molecule has 2 radical (unpaired) electrons. The number of nitrogens with zero attached hydrogens (tertiary/aromatic N) is 2. The maximum atomic E-state index is 4.44. The van der Waals surface area contributed by atoms with Crippen LogP contribution in [0.1, 0.15) is 61.8 Å². The standard InChI is InChI=1S/C23H24N.C19H16N.2Ir/c1-16(2)20-13-21(17(3)4)15-22(14-20)18-8-7-9-19(12-18)23-10-5-6-11-24-23;1-14-10-15(2)12-18(11-14)16-6-5-7-17(13-16)19-8-3-4-9-20-19;;/h5-8,10-17H,1-4H3;3-6,8-13H,1-2H3;;/q2*-1;;. The van der Waals surface area contributed by atoms with E-state index in [1.807, 2.05) is 60.9 Å². The summed E-state index contributed by atoms with van der Waals surface area (Å²) in [5.74, 6) is 1.04. The Morgan fingerprint density at radius 2 is 0.913 bits per heavy atom. The smallest absolute Gasteiger partial charge is 0.0160 e. The minimum Gasteiger partial charge on any atom is -0.305 e. The van der Waals surface area contributed by atoms with Crippen molar-refractivity contribution in [3.8, 4) is 44.8 Å². The summed E-state index contributed by atoms with van der Waals surface area (Å²) in [6, 6.07) is 44.6. The molecule has 0 amide bonds. The van der Waals surface area contributed by atoms with Crippen molar-refractivity contribution in [1.82, 2.24) is 9.97 Å². The summed E-state index contributed by atoms with van der Waals surface area (Å²) in [6.07, 6.45) is 3.64. The summed E-state index contributed by atoms with van der Waals surface area (Å²) >= 11 is 0. The van der Waals surface area contributed by atoms with Crippen LogP contribution in [-0.2, 0) is 40.2 Å². The van der Waals surface area contributed by atoms with Gasteiger partial charge in [0.2, 0.25) is 0 Å². The van der Waals surface area contributed by atoms with Gasteiger partial charge in [-0.3, -0.25) is 0 Å². The SMILES string of the molecule is CC(C)c1cc(-c2cc[c-]c(-c3ccccn3)c2)cc(C(C)C)c1.Cc1cc(C)cc(-c2cc[c-]c(-c3ccccn3)c2)c1.[Ir].[Ir]. The van der Waals surface area contributed by atoms with E-state index in [1.165, 1.54) is 44.5 Å². The zero-order valence-corrected chi connectivity index (χ0v) is 32.1. The van der Waals surface area contributed by atoms with E-state index in [-0.39, 0.29) is 40.2 Å². The van der Waals surface area contributed by atoms with Gasteiger partial charge in [-0.2, -0.15) is 0 Å². The number of aromatic nitrogens is 2. The predicted octanol–water partition coefficient (Wildman–Crippen LogP) is 11.3. The molecular formula is C42H40Ir2N2-2. The van der Waals surface area contributed by atoms with Gasteiger partial charge in [-0.1, -0.05) is 99.5 Å². The van der Waals surface area contributed by atoms with E-state index in [0.29, 0.717) is 11.8 Å². The third-order valence-corrected chi connectivity index (χ3v) is 7.68. The summed E-state index contributed by atoms with van der Waals surface area (Å²) < 4.78 is 0. The fourth-order valence-electron chi connectivity index (χ4n) is 5.28. The Balaban J connectivity index is 0.000000243. The number of hydrogen-bond donors (Lipinski definition) is 0. The van der Waals surface area contributed by atoms with Crippen LogP contribution in [0.15, 0.2) is 122 Å². The molecule has 0 spiro atoms. The zero-order valence-electron chi connectivity index (χ0n) is 27.3. The van der Waals surface area contributed by atoms with E-state index in [9.17, 15) is 0 Å². The van der Waals surface area contributed by atoms with Gasteiger partial charge >= 0.3 is 0 Å². The fraction of sp³-hybridized carbons (Fsp3) is 0.190. The largest absolute Gasteiger partial charge is 0.305 e. The monoisotopic (exact) mass is 958 g/mol. The van der Waals surface area contributed by atoms with Crippen LogP contribution in [0, 0.1) is 26.0 Å². The van der Waals surface area contributed by atoms with Gasteiger partial charge in [0.25, 0.3) is 0 Å². The summed E-state index contributed by atoms with van der Waals surface area (Å²) in [5.41, 5.74) is 14.3. The molecule has 0 saturated carbocycles. The van der Waals surface area contributed by atoms with Crippen LogP contribution in [0.4, 0.5) is 0 Å². The Morgan fingerprint density at radius 1 is 0.478 bits per heavy atom. The number of pyridine rings is 2. The third-order valence-electron chi connectivity index (χ3n) is 7.68. The molecule has 0 saturated heterocycles. The van der Waals surface area contributed by atoms with Crippen molar-refractivity contribution >= 4 is 0 Å². The number of aryl methyl sites for hydroxylation is 2. The van der Waals surface area contributed by atoms with E-state index in [1.54, 1.807) is 0 Å². The molecule has 2 aromatic heterocycles. The van der Waals surface area contributed by atoms with Gasteiger partial charge in [-0.05, 0) is 71.5 Å². The molecular weight excluding hydrogens is 917 g/mol. The maximum absolute atomic E-state index is 4.44. The van der Waals surface area contributed by atoms with Crippen molar-refractivity contribution in [1.29, 1.82) is 0 Å². The first-order chi connectivity index (χ1) is 21.3. The molecule has 46 heavy (non-hydrogen) atoms. The first-order valence-corrected chi connectivity index (χ1v) is 15.4. The molecule has 238 valence electrons. The third kappa shape index (κ3) is 9.74. The Kier molecular flexibility index (Phi) is 14.0. The van der Waals surface area contributed by atoms with E-state index in [4.69, 9.17) is 0 Å². The number of hydrogen-bond acceptors (Lipinski definition) is 2. The molecule has 0 fully saturated rings. The Morgan fingerprint density at radius 3 is 1.30 bits per heavy atom. The molecule has 0 bridgehead atoms. The van der Waals surface area contributed by atoms with Crippen LogP contribution in [0.5, 0.6) is 0 Å². The van der Waals surface area contributed by atoms with Crippen LogP contribution in [0.2, 0.25) is 0 Å². The van der Waals surface area contributed by atoms with Gasteiger partial charge in [-0.25, -0.2) is 0 Å². The second-order valence-electron chi connectivity index (χ2n) is 12.0. The molecule has 0 unspecified atom stereocenters. The fourth-order valence-corrected chi connectivity index (χ4v) is 5.28. The molecule has 6 rings (SSSR count). The summed E-state index contributed by atoms with van der Waals surface area (Å²) in [7, 11) is 0. The Bertz CT molecular complexity index is 1780. The van der Waals surface area contributed by atoms with E-state index in [2.05, 4.69) is 124 Å². The number of benzene rings is 4. The van der Waals surface area contributed by atoms with Crippen LogP contribution in [0.3, 0.4) is 0 Å². The topological polar surface area (TPSA) is 25.8 Å². The van der Waals surface area contributed by atoms with Crippen molar-refractivity contribution in [2.75, 3.05) is 0 Å². The maximum Gasteiger partial charge on any atom is 0.0160 e. The zero-order chi connectivity index (χ0) is 31.1. The minimum atomic E-state index is 0. The van der Waals surface area contributed by atoms with Crippen LogP contribution >= 0.6 is 0 Å². The van der Waals surface area contributed by atoms with Crippen LogP contribution < -0.4 is 0 Å². The summed E-state index contributed by atoms with van der Waals surface area (Å²) in [5, 5.41) is 0. The van der Waals surface area contributed by atoms with Gasteiger partial charge < -0.3 is 9.97 Å². The molecule has 0 atom stereocenters.